The van der Waals surface area contributed by atoms with E-state index in [0.29, 0.717) is 5.56 Å². The maximum Gasteiger partial charge on any atom is 0.254 e. The number of carbonyl (C=O) groups excluding carboxylic acids is 1. The van der Waals surface area contributed by atoms with Crippen LogP contribution in [0.15, 0.2) is 17.1 Å². The van der Waals surface area contributed by atoms with E-state index in [2.05, 4.69) is 20.1 Å². The first-order chi connectivity index (χ1) is 14.0. The van der Waals surface area contributed by atoms with Gasteiger partial charge < -0.3 is 9.88 Å². The van der Waals surface area contributed by atoms with Gasteiger partial charge in [0.1, 0.15) is 0 Å². The SMILES string of the molecule is Cn1ncc(CN2CCCC3(C2)CN(C(=O)c2cc(=O)[nH]c4c2CCCC4)C3)n1. The number of amides is 1. The molecule has 0 unspecified atom stereocenters. The van der Waals surface area contributed by atoms with Gasteiger partial charge in [-0.3, -0.25) is 14.5 Å². The average molecular weight is 396 g/mol. The summed E-state index contributed by atoms with van der Waals surface area (Å²) < 4.78 is 0. The molecule has 1 N–H and O–H groups in total. The molecule has 2 fully saturated rings. The highest BCUT2D eigenvalue weighted by Gasteiger charge is 2.47. The Bertz CT molecular complexity index is 987. The summed E-state index contributed by atoms with van der Waals surface area (Å²) >= 11 is 0. The molecule has 1 aliphatic carbocycles. The number of H-pyrrole nitrogens is 1. The molecule has 2 aromatic heterocycles. The number of rotatable bonds is 3. The number of nitrogens with one attached hydrogen (secondary N) is 1. The summed E-state index contributed by atoms with van der Waals surface area (Å²) in [5, 5.41) is 8.56. The summed E-state index contributed by atoms with van der Waals surface area (Å²) in [6, 6.07) is 1.51. The number of aryl methyl sites for hydroxylation is 2. The molecule has 1 spiro atoms. The predicted octanol–water partition coefficient (Wildman–Crippen LogP) is 1.12. The van der Waals surface area contributed by atoms with E-state index in [9.17, 15) is 9.59 Å². The monoisotopic (exact) mass is 396 g/mol. The molecule has 5 rings (SSSR count). The Balaban J connectivity index is 1.27. The quantitative estimate of drug-likeness (QED) is 0.840. The van der Waals surface area contributed by atoms with Crippen LogP contribution < -0.4 is 5.56 Å². The molecule has 4 heterocycles. The van der Waals surface area contributed by atoms with Crippen LogP contribution in [-0.4, -0.2) is 61.9 Å². The van der Waals surface area contributed by atoms with Crippen molar-refractivity contribution in [3.8, 4) is 0 Å². The summed E-state index contributed by atoms with van der Waals surface area (Å²) in [5.74, 6) is 0.0333. The fourth-order valence-corrected chi connectivity index (χ4v) is 5.40. The Morgan fingerprint density at radius 2 is 2.03 bits per heavy atom. The number of piperidine rings is 1. The summed E-state index contributed by atoms with van der Waals surface area (Å²) in [4.78, 5) is 34.2. The number of hydrogen-bond donors (Lipinski definition) is 1. The zero-order valence-electron chi connectivity index (χ0n) is 17.0. The van der Waals surface area contributed by atoms with E-state index in [-0.39, 0.29) is 16.9 Å². The highest BCUT2D eigenvalue weighted by Crippen LogP contribution is 2.40. The number of nitrogens with zero attached hydrogens (tertiary/aromatic N) is 5. The fourth-order valence-electron chi connectivity index (χ4n) is 5.40. The van der Waals surface area contributed by atoms with Gasteiger partial charge in [-0.2, -0.15) is 15.0 Å². The standard InChI is InChI=1S/C21H28N6O2/c1-25-22-10-15(24-25)11-26-8-4-7-21(12-26)13-27(14-21)20(29)17-9-19(28)23-18-6-3-2-5-16(17)18/h9-10H,2-8,11-14H2,1H3,(H,23,28). The van der Waals surface area contributed by atoms with Crippen LogP contribution in [0.4, 0.5) is 0 Å². The molecular weight excluding hydrogens is 368 g/mol. The van der Waals surface area contributed by atoms with Crippen LogP contribution in [-0.2, 0) is 26.4 Å². The molecule has 1 amide bonds. The van der Waals surface area contributed by atoms with Crippen LogP contribution in [0.3, 0.4) is 0 Å². The number of aromatic amines is 1. The summed E-state index contributed by atoms with van der Waals surface area (Å²) in [6.07, 6.45) is 8.04. The van der Waals surface area contributed by atoms with E-state index in [4.69, 9.17) is 0 Å². The summed E-state index contributed by atoms with van der Waals surface area (Å²) in [5.41, 5.74) is 3.68. The minimum Gasteiger partial charge on any atom is -0.337 e. The first kappa shape index (κ1) is 18.5. The average Bonchev–Trinajstić information content (AvgIpc) is 3.09. The number of likely N-dealkylation sites (tertiary alicyclic amines) is 2. The van der Waals surface area contributed by atoms with E-state index in [1.165, 1.54) is 6.07 Å². The van der Waals surface area contributed by atoms with Gasteiger partial charge >= 0.3 is 0 Å². The van der Waals surface area contributed by atoms with Gasteiger partial charge in [-0.25, -0.2) is 0 Å². The van der Waals surface area contributed by atoms with Gasteiger partial charge in [0.05, 0.1) is 11.9 Å². The van der Waals surface area contributed by atoms with E-state index < -0.39 is 0 Å². The zero-order valence-corrected chi connectivity index (χ0v) is 17.0. The second-order valence-electron chi connectivity index (χ2n) is 9.01. The van der Waals surface area contributed by atoms with Crippen molar-refractivity contribution in [3.63, 3.8) is 0 Å². The first-order valence-corrected chi connectivity index (χ1v) is 10.6. The topological polar surface area (TPSA) is 87.1 Å². The van der Waals surface area contributed by atoms with Crippen LogP contribution in [0, 0.1) is 5.41 Å². The van der Waals surface area contributed by atoms with Gasteiger partial charge in [-0.05, 0) is 50.6 Å². The molecule has 8 nitrogen and oxygen atoms in total. The maximum absolute atomic E-state index is 13.2. The number of pyridine rings is 1. The van der Waals surface area contributed by atoms with Crippen LogP contribution in [0.1, 0.15) is 53.0 Å². The highest BCUT2D eigenvalue weighted by atomic mass is 16.2. The zero-order chi connectivity index (χ0) is 20.0. The first-order valence-electron chi connectivity index (χ1n) is 10.6. The van der Waals surface area contributed by atoms with E-state index >= 15 is 0 Å². The highest BCUT2D eigenvalue weighted by molar-refractivity contribution is 5.96. The largest absolute Gasteiger partial charge is 0.337 e. The van der Waals surface area contributed by atoms with Crippen LogP contribution in [0.5, 0.6) is 0 Å². The molecule has 0 saturated carbocycles. The summed E-state index contributed by atoms with van der Waals surface area (Å²) in [6.45, 7) is 4.43. The Hall–Kier alpha value is -2.48. The molecule has 8 heteroatoms. The smallest absolute Gasteiger partial charge is 0.254 e. The van der Waals surface area contributed by atoms with Crippen LogP contribution in [0.25, 0.3) is 0 Å². The van der Waals surface area contributed by atoms with Crippen molar-refractivity contribution in [3.05, 3.63) is 45.1 Å². The Morgan fingerprint density at radius 1 is 1.21 bits per heavy atom. The minimum atomic E-state index is -0.156. The molecule has 0 aromatic carbocycles. The van der Waals surface area contributed by atoms with Crippen molar-refractivity contribution in [2.75, 3.05) is 26.2 Å². The van der Waals surface area contributed by atoms with E-state index in [1.807, 2.05) is 18.1 Å². The Labute approximate surface area is 169 Å². The normalized spacial score (nSPS) is 21.1. The van der Waals surface area contributed by atoms with Crippen molar-refractivity contribution in [1.82, 2.24) is 29.8 Å². The lowest BCUT2D eigenvalue weighted by Crippen LogP contribution is -2.64. The third-order valence-electron chi connectivity index (χ3n) is 6.69. The molecule has 0 atom stereocenters. The van der Waals surface area contributed by atoms with Gasteiger partial charge in [0.2, 0.25) is 5.56 Å². The van der Waals surface area contributed by atoms with Crippen LogP contribution >= 0.6 is 0 Å². The Morgan fingerprint density at radius 3 is 2.83 bits per heavy atom. The lowest BCUT2D eigenvalue weighted by Gasteiger charge is -2.54. The molecule has 154 valence electrons. The predicted molar refractivity (Wildman–Crippen MR) is 108 cm³/mol. The van der Waals surface area contributed by atoms with Gasteiger partial charge in [0, 0.05) is 56.0 Å². The molecule has 29 heavy (non-hydrogen) atoms. The molecule has 2 saturated heterocycles. The van der Waals surface area contributed by atoms with E-state index in [0.717, 1.165) is 88.2 Å². The maximum atomic E-state index is 13.2. The van der Waals surface area contributed by atoms with E-state index in [1.54, 1.807) is 4.80 Å². The number of aromatic nitrogens is 4. The van der Waals surface area contributed by atoms with Gasteiger partial charge in [0.15, 0.2) is 0 Å². The lowest BCUT2D eigenvalue weighted by atomic mass is 9.73. The number of hydrogen-bond acceptors (Lipinski definition) is 5. The molecule has 0 bridgehead atoms. The van der Waals surface area contributed by atoms with Crippen LogP contribution in [0.2, 0.25) is 0 Å². The molecule has 0 radical (unpaired) electrons. The second-order valence-corrected chi connectivity index (χ2v) is 9.01. The lowest BCUT2D eigenvalue weighted by molar-refractivity contribution is -0.0419. The van der Waals surface area contributed by atoms with Gasteiger partial charge in [-0.1, -0.05) is 0 Å². The third-order valence-corrected chi connectivity index (χ3v) is 6.69. The Kier molecular flexibility index (Phi) is 4.53. The number of carbonyl (C=O) groups is 1. The fraction of sp³-hybridized carbons (Fsp3) is 0.619. The molecule has 2 aromatic rings. The number of fused-ring (bicyclic) bond motifs is 1. The van der Waals surface area contributed by atoms with Crippen molar-refractivity contribution in [2.24, 2.45) is 12.5 Å². The van der Waals surface area contributed by atoms with Gasteiger partial charge in [-0.15, -0.1) is 0 Å². The third kappa shape index (κ3) is 3.50. The van der Waals surface area contributed by atoms with Crippen molar-refractivity contribution >= 4 is 5.91 Å². The van der Waals surface area contributed by atoms with Crippen molar-refractivity contribution < 1.29 is 4.79 Å². The summed E-state index contributed by atoms with van der Waals surface area (Å²) in [7, 11) is 1.84. The molecule has 2 aliphatic heterocycles. The molecule has 3 aliphatic rings. The second kappa shape index (κ2) is 7.09. The van der Waals surface area contributed by atoms with Gasteiger partial charge in [0.25, 0.3) is 5.91 Å². The van der Waals surface area contributed by atoms with Crippen molar-refractivity contribution in [2.45, 2.75) is 45.1 Å². The van der Waals surface area contributed by atoms with Crippen molar-refractivity contribution in [1.29, 1.82) is 0 Å². The minimum absolute atomic E-state index is 0.0333. The molecular formula is C21H28N6O2.